The van der Waals surface area contributed by atoms with Crippen LogP contribution in [-0.4, -0.2) is 29.0 Å². The zero-order valence-electron chi connectivity index (χ0n) is 12.7. The van der Waals surface area contributed by atoms with E-state index in [1.54, 1.807) is 47.3 Å². The number of esters is 1. The average Bonchev–Trinajstić information content (AvgIpc) is 3.25. The van der Waals surface area contributed by atoms with Crippen molar-refractivity contribution in [1.82, 2.24) is 9.78 Å². The average molecular weight is 347 g/mol. The lowest BCUT2D eigenvalue weighted by molar-refractivity contribution is 0.0413. The van der Waals surface area contributed by atoms with E-state index in [2.05, 4.69) is 5.10 Å². The number of nitrogens with zero attached hydrogens (tertiary/aromatic N) is 2. The summed E-state index contributed by atoms with van der Waals surface area (Å²) in [6, 6.07) is 12.1. The molecular weight excluding hydrogens is 332 g/mol. The minimum atomic E-state index is -0.526. The number of benzene rings is 1. The number of rotatable bonds is 7. The van der Waals surface area contributed by atoms with Crippen molar-refractivity contribution in [3.8, 4) is 5.75 Å². The summed E-state index contributed by atoms with van der Waals surface area (Å²) in [4.78, 5) is 11.9. The molecule has 0 unspecified atom stereocenters. The van der Waals surface area contributed by atoms with Gasteiger partial charge in [0, 0.05) is 17.4 Å². The summed E-state index contributed by atoms with van der Waals surface area (Å²) >= 11 is 5.79. The van der Waals surface area contributed by atoms with E-state index in [0.717, 1.165) is 0 Å². The molecule has 24 heavy (non-hydrogen) atoms. The lowest BCUT2D eigenvalue weighted by atomic mass is 10.3. The Morgan fingerprint density at radius 2 is 2.00 bits per heavy atom. The molecule has 6 nitrogen and oxygen atoms in total. The van der Waals surface area contributed by atoms with Crippen LogP contribution in [0.25, 0.3) is 0 Å². The summed E-state index contributed by atoms with van der Waals surface area (Å²) < 4.78 is 17.7. The highest BCUT2D eigenvalue weighted by Crippen LogP contribution is 2.15. The highest BCUT2D eigenvalue weighted by molar-refractivity contribution is 6.30. The van der Waals surface area contributed by atoms with E-state index >= 15 is 0 Å². The van der Waals surface area contributed by atoms with Gasteiger partial charge < -0.3 is 13.9 Å². The van der Waals surface area contributed by atoms with Gasteiger partial charge in [-0.2, -0.15) is 5.10 Å². The second-order valence-electron chi connectivity index (χ2n) is 4.91. The van der Waals surface area contributed by atoms with Crippen molar-refractivity contribution in [2.24, 2.45) is 0 Å². The summed E-state index contributed by atoms with van der Waals surface area (Å²) in [5.41, 5.74) is 0. The zero-order valence-corrected chi connectivity index (χ0v) is 13.5. The third-order valence-corrected chi connectivity index (χ3v) is 3.39. The van der Waals surface area contributed by atoms with Crippen molar-refractivity contribution >= 4 is 17.6 Å². The Bertz CT molecular complexity index is 781. The number of hydrogen-bond donors (Lipinski definition) is 0. The van der Waals surface area contributed by atoms with Crippen LogP contribution in [0, 0.1) is 0 Å². The van der Waals surface area contributed by atoms with Crippen LogP contribution in [0.1, 0.15) is 16.3 Å². The van der Waals surface area contributed by atoms with Crippen molar-refractivity contribution in [2.45, 2.75) is 6.54 Å². The van der Waals surface area contributed by atoms with Gasteiger partial charge in [-0.25, -0.2) is 4.79 Å². The largest absolute Gasteiger partial charge is 0.490 e. The first-order valence-electron chi connectivity index (χ1n) is 7.32. The SMILES string of the molecule is O=C(OCCOc1ccc(Cl)cc1)c1ccc(Cn2cccn2)o1. The normalized spacial score (nSPS) is 10.5. The minimum absolute atomic E-state index is 0.122. The molecule has 0 saturated heterocycles. The van der Waals surface area contributed by atoms with Crippen LogP contribution < -0.4 is 4.74 Å². The zero-order chi connectivity index (χ0) is 16.8. The van der Waals surface area contributed by atoms with Gasteiger partial charge in [-0.1, -0.05) is 11.6 Å². The monoisotopic (exact) mass is 346 g/mol. The van der Waals surface area contributed by atoms with Crippen LogP contribution >= 0.6 is 11.6 Å². The summed E-state index contributed by atoms with van der Waals surface area (Å²) in [6.07, 6.45) is 3.49. The Balaban J connectivity index is 1.43. The second kappa shape index (κ2) is 7.70. The quantitative estimate of drug-likeness (QED) is 0.484. The number of furan rings is 1. The van der Waals surface area contributed by atoms with Crippen molar-refractivity contribution in [2.75, 3.05) is 13.2 Å². The summed E-state index contributed by atoms with van der Waals surface area (Å²) in [5, 5.41) is 4.71. The highest BCUT2D eigenvalue weighted by atomic mass is 35.5. The number of carbonyl (C=O) groups is 1. The number of halogens is 1. The van der Waals surface area contributed by atoms with E-state index in [0.29, 0.717) is 23.1 Å². The van der Waals surface area contributed by atoms with Crippen molar-refractivity contribution in [1.29, 1.82) is 0 Å². The van der Waals surface area contributed by atoms with Gasteiger partial charge in [-0.15, -0.1) is 0 Å². The number of ether oxygens (including phenoxy) is 2. The maximum atomic E-state index is 11.9. The lowest BCUT2D eigenvalue weighted by Crippen LogP contribution is -2.11. The van der Waals surface area contributed by atoms with Gasteiger partial charge in [0.05, 0.1) is 6.54 Å². The smallest absolute Gasteiger partial charge is 0.374 e. The van der Waals surface area contributed by atoms with Gasteiger partial charge in [0.15, 0.2) is 0 Å². The first-order chi connectivity index (χ1) is 11.7. The van der Waals surface area contributed by atoms with E-state index < -0.39 is 5.97 Å². The number of carbonyl (C=O) groups excluding carboxylic acids is 1. The fourth-order valence-electron chi connectivity index (χ4n) is 2.02. The molecule has 124 valence electrons. The summed E-state index contributed by atoms with van der Waals surface area (Å²) in [5.74, 6) is 0.920. The van der Waals surface area contributed by atoms with Crippen LogP contribution in [0.3, 0.4) is 0 Å². The molecule has 1 aromatic carbocycles. The fourth-order valence-corrected chi connectivity index (χ4v) is 2.15. The lowest BCUT2D eigenvalue weighted by Gasteiger charge is -2.06. The van der Waals surface area contributed by atoms with Crippen molar-refractivity contribution in [3.05, 3.63) is 71.4 Å². The molecule has 2 heterocycles. The predicted molar refractivity (Wildman–Crippen MR) is 87.3 cm³/mol. The molecule has 3 rings (SSSR count). The molecule has 0 spiro atoms. The fraction of sp³-hybridized carbons (Fsp3) is 0.176. The predicted octanol–water partition coefficient (Wildman–Crippen LogP) is 3.41. The standard InChI is InChI=1S/C17H15ClN2O4/c18-13-2-4-14(5-3-13)22-10-11-23-17(21)16-7-6-15(24-16)12-20-9-1-8-19-20/h1-9H,10-12H2. The summed E-state index contributed by atoms with van der Waals surface area (Å²) in [6.45, 7) is 0.824. The van der Waals surface area contributed by atoms with Crippen molar-refractivity contribution in [3.63, 3.8) is 0 Å². The molecule has 2 aromatic heterocycles. The first kappa shape index (κ1) is 16.1. The molecule has 0 saturated carbocycles. The molecular formula is C17H15ClN2O4. The van der Waals surface area contributed by atoms with Crippen LogP contribution in [0.15, 0.2) is 59.3 Å². The molecule has 0 radical (unpaired) electrons. The molecule has 0 aliphatic heterocycles. The Hall–Kier alpha value is -2.73. The van der Waals surface area contributed by atoms with Crippen LogP contribution in [-0.2, 0) is 11.3 Å². The Labute approximate surface area is 143 Å². The van der Waals surface area contributed by atoms with E-state index in [1.807, 2.05) is 12.3 Å². The van der Waals surface area contributed by atoms with Gasteiger partial charge in [-0.3, -0.25) is 4.68 Å². The Kier molecular flexibility index (Phi) is 5.18. The first-order valence-corrected chi connectivity index (χ1v) is 7.70. The molecule has 0 fully saturated rings. The van der Waals surface area contributed by atoms with Gasteiger partial charge in [0.2, 0.25) is 5.76 Å². The molecule has 0 amide bonds. The van der Waals surface area contributed by atoms with Crippen molar-refractivity contribution < 1.29 is 18.7 Å². The van der Waals surface area contributed by atoms with E-state index in [1.165, 1.54) is 0 Å². The van der Waals surface area contributed by atoms with Gasteiger partial charge in [-0.05, 0) is 42.5 Å². The highest BCUT2D eigenvalue weighted by Gasteiger charge is 2.13. The molecule has 3 aromatic rings. The Morgan fingerprint density at radius 1 is 1.17 bits per heavy atom. The van der Waals surface area contributed by atoms with E-state index in [4.69, 9.17) is 25.5 Å². The molecule has 0 aliphatic rings. The number of hydrogen-bond acceptors (Lipinski definition) is 5. The third kappa shape index (κ3) is 4.39. The van der Waals surface area contributed by atoms with Gasteiger partial charge in [0.25, 0.3) is 0 Å². The van der Waals surface area contributed by atoms with Gasteiger partial charge in [0.1, 0.15) is 24.7 Å². The van der Waals surface area contributed by atoms with Crippen LogP contribution in [0.5, 0.6) is 5.75 Å². The van der Waals surface area contributed by atoms with E-state index in [-0.39, 0.29) is 19.0 Å². The maximum absolute atomic E-state index is 11.9. The van der Waals surface area contributed by atoms with Crippen LogP contribution in [0.4, 0.5) is 0 Å². The summed E-state index contributed by atoms with van der Waals surface area (Å²) in [7, 11) is 0. The molecule has 0 atom stereocenters. The van der Waals surface area contributed by atoms with Crippen LogP contribution in [0.2, 0.25) is 5.02 Å². The maximum Gasteiger partial charge on any atom is 0.374 e. The minimum Gasteiger partial charge on any atom is -0.490 e. The molecule has 0 aliphatic carbocycles. The number of aromatic nitrogens is 2. The third-order valence-electron chi connectivity index (χ3n) is 3.14. The van der Waals surface area contributed by atoms with E-state index in [9.17, 15) is 4.79 Å². The molecule has 0 N–H and O–H groups in total. The second-order valence-corrected chi connectivity index (χ2v) is 5.34. The Morgan fingerprint density at radius 3 is 2.75 bits per heavy atom. The topological polar surface area (TPSA) is 66.5 Å². The molecule has 7 heteroatoms. The van der Waals surface area contributed by atoms with Gasteiger partial charge >= 0.3 is 5.97 Å². The molecule has 0 bridgehead atoms.